The first-order valence-corrected chi connectivity index (χ1v) is 8.04. The highest BCUT2D eigenvalue weighted by Crippen LogP contribution is 2.24. The summed E-state index contributed by atoms with van der Waals surface area (Å²) in [5, 5.41) is 6.88. The predicted octanol–water partition coefficient (Wildman–Crippen LogP) is 3.55. The Labute approximate surface area is 144 Å². The lowest BCUT2D eigenvalue weighted by Gasteiger charge is -2.06. The summed E-state index contributed by atoms with van der Waals surface area (Å²) in [6.45, 7) is 2.22. The molecule has 3 rings (SSSR count). The minimum absolute atomic E-state index is 0.218. The third kappa shape index (κ3) is 4.09. The number of rotatable bonds is 6. The van der Waals surface area contributed by atoms with Crippen molar-refractivity contribution in [3.8, 4) is 11.3 Å². The van der Waals surface area contributed by atoms with Gasteiger partial charge in [0, 0.05) is 24.5 Å². The van der Waals surface area contributed by atoms with E-state index in [2.05, 4.69) is 15.5 Å². The number of amides is 1. The van der Waals surface area contributed by atoms with Gasteiger partial charge in [0.2, 0.25) is 0 Å². The van der Waals surface area contributed by atoms with E-state index in [1.807, 2.05) is 0 Å². The number of hydrogen-bond acceptors (Lipinski definition) is 4. The first-order valence-electron chi connectivity index (χ1n) is 8.04. The third-order valence-corrected chi connectivity index (χ3v) is 3.88. The Balaban J connectivity index is 1.60. The lowest BCUT2D eigenvalue weighted by molar-refractivity contribution is 0.0952. The zero-order valence-corrected chi connectivity index (χ0v) is 13.8. The molecule has 6 heteroatoms. The standard InChI is InChI=1S/C19H18FN3O2/c1-13-17(18(23-25-13)15-8-11-21-12-9-15)19(24)22-10-2-3-14-4-6-16(20)7-5-14/h4-9,11-12H,2-3,10H2,1H3,(H,22,24). The number of benzene rings is 1. The molecule has 0 fully saturated rings. The van der Waals surface area contributed by atoms with Crippen LogP contribution in [0.25, 0.3) is 11.3 Å². The zero-order chi connectivity index (χ0) is 17.6. The molecule has 0 spiro atoms. The topological polar surface area (TPSA) is 68.0 Å². The smallest absolute Gasteiger partial charge is 0.257 e. The molecular weight excluding hydrogens is 321 g/mol. The molecule has 0 radical (unpaired) electrons. The van der Waals surface area contributed by atoms with E-state index in [9.17, 15) is 9.18 Å². The monoisotopic (exact) mass is 339 g/mol. The van der Waals surface area contributed by atoms with Crippen LogP contribution in [-0.4, -0.2) is 22.6 Å². The van der Waals surface area contributed by atoms with Gasteiger partial charge in [0.05, 0.1) is 0 Å². The summed E-state index contributed by atoms with van der Waals surface area (Å²) in [7, 11) is 0. The molecule has 128 valence electrons. The molecule has 0 saturated heterocycles. The molecule has 0 saturated carbocycles. The van der Waals surface area contributed by atoms with Gasteiger partial charge in [-0.3, -0.25) is 9.78 Å². The van der Waals surface area contributed by atoms with Crippen LogP contribution < -0.4 is 5.32 Å². The van der Waals surface area contributed by atoms with Crippen molar-refractivity contribution < 1.29 is 13.7 Å². The second-order valence-electron chi connectivity index (χ2n) is 5.68. The zero-order valence-electron chi connectivity index (χ0n) is 13.8. The normalized spacial score (nSPS) is 10.6. The highest BCUT2D eigenvalue weighted by atomic mass is 19.1. The Hall–Kier alpha value is -3.02. The van der Waals surface area contributed by atoms with E-state index in [4.69, 9.17) is 4.52 Å². The molecule has 0 aliphatic rings. The van der Waals surface area contributed by atoms with Crippen LogP contribution in [0.15, 0.2) is 53.3 Å². The van der Waals surface area contributed by atoms with Crippen molar-refractivity contribution in [2.75, 3.05) is 6.54 Å². The van der Waals surface area contributed by atoms with E-state index in [1.165, 1.54) is 12.1 Å². The number of carbonyl (C=O) groups excluding carboxylic acids is 1. The van der Waals surface area contributed by atoms with Gasteiger partial charge in [-0.1, -0.05) is 17.3 Å². The van der Waals surface area contributed by atoms with Gasteiger partial charge in [-0.15, -0.1) is 0 Å². The van der Waals surface area contributed by atoms with E-state index < -0.39 is 0 Å². The van der Waals surface area contributed by atoms with Gasteiger partial charge in [0.25, 0.3) is 5.91 Å². The van der Waals surface area contributed by atoms with E-state index in [-0.39, 0.29) is 11.7 Å². The van der Waals surface area contributed by atoms with Crippen LogP contribution in [0.2, 0.25) is 0 Å². The first kappa shape index (κ1) is 16.8. The summed E-state index contributed by atoms with van der Waals surface area (Å²) in [5.74, 6) is 0.0103. The summed E-state index contributed by atoms with van der Waals surface area (Å²) < 4.78 is 18.1. The maximum atomic E-state index is 12.9. The second-order valence-corrected chi connectivity index (χ2v) is 5.68. The van der Waals surface area contributed by atoms with Gasteiger partial charge in [-0.05, 0) is 49.6 Å². The van der Waals surface area contributed by atoms with Crippen LogP contribution in [0, 0.1) is 12.7 Å². The molecule has 0 atom stereocenters. The van der Waals surface area contributed by atoms with Gasteiger partial charge in [0.15, 0.2) is 0 Å². The van der Waals surface area contributed by atoms with E-state index in [0.29, 0.717) is 23.6 Å². The molecule has 1 aromatic carbocycles. The molecule has 25 heavy (non-hydrogen) atoms. The van der Waals surface area contributed by atoms with Crippen LogP contribution in [-0.2, 0) is 6.42 Å². The molecular formula is C19H18FN3O2. The van der Waals surface area contributed by atoms with E-state index in [1.54, 1.807) is 43.6 Å². The van der Waals surface area contributed by atoms with Gasteiger partial charge < -0.3 is 9.84 Å². The summed E-state index contributed by atoms with van der Waals surface area (Å²) >= 11 is 0. The molecule has 5 nitrogen and oxygen atoms in total. The third-order valence-electron chi connectivity index (χ3n) is 3.88. The highest BCUT2D eigenvalue weighted by Gasteiger charge is 2.21. The number of carbonyl (C=O) groups is 1. The Kier molecular flexibility index (Phi) is 5.18. The number of pyridine rings is 1. The Morgan fingerprint density at radius 1 is 1.16 bits per heavy atom. The van der Waals surface area contributed by atoms with E-state index >= 15 is 0 Å². The molecule has 0 aliphatic carbocycles. The fourth-order valence-corrected chi connectivity index (χ4v) is 2.58. The molecule has 2 aromatic heterocycles. The summed E-state index contributed by atoms with van der Waals surface area (Å²) in [6, 6.07) is 9.95. The van der Waals surface area contributed by atoms with Crippen LogP contribution in [0.4, 0.5) is 4.39 Å². The number of aryl methyl sites for hydroxylation is 2. The molecule has 0 aliphatic heterocycles. The minimum atomic E-state index is -0.247. The average molecular weight is 339 g/mol. The summed E-state index contributed by atoms with van der Waals surface area (Å²) in [6.07, 6.45) is 4.81. The Morgan fingerprint density at radius 2 is 1.88 bits per heavy atom. The van der Waals surface area contributed by atoms with Crippen molar-refractivity contribution in [2.45, 2.75) is 19.8 Å². The molecule has 0 bridgehead atoms. The lowest BCUT2D eigenvalue weighted by Crippen LogP contribution is -2.25. The molecule has 1 amide bonds. The van der Waals surface area contributed by atoms with Crippen molar-refractivity contribution in [3.05, 3.63) is 71.5 Å². The quantitative estimate of drug-likeness (QED) is 0.698. The molecule has 1 N–H and O–H groups in total. The van der Waals surface area contributed by atoms with Gasteiger partial charge in [-0.2, -0.15) is 0 Å². The summed E-state index contributed by atoms with van der Waals surface area (Å²) in [5.41, 5.74) is 2.77. The van der Waals surface area contributed by atoms with Crippen molar-refractivity contribution in [1.82, 2.24) is 15.5 Å². The largest absolute Gasteiger partial charge is 0.360 e. The minimum Gasteiger partial charge on any atom is -0.360 e. The van der Waals surface area contributed by atoms with Crippen molar-refractivity contribution >= 4 is 5.91 Å². The van der Waals surface area contributed by atoms with Crippen LogP contribution >= 0.6 is 0 Å². The molecule has 0 unspecified atom stereocenters. The number of hydrogen-bond donors (Lipinski definition) is 1. The van der Waals surface area contributed by atoms with Crippen LogP contribution in [0.1, 0.15) is 28.1 Å². The molecule has 2 heterocycles. The average Bonchev–Trinajstić information content (AvgIpc) is 3.02. The number of halogens is 1. The second kappa shape index (κ2) is 7.70. The van der Waals surface area contributed by atoms with E-state index in [0.717, 1.165) is 24.0 Å². The summed E-state index contributed by atoms with van der Waals surface area (Å²) in [4.78, 5) is 16.5. The fraction of sp³-hybridized carbons (Fsp3) is 0.211. The van der Waals surface area contributed by atoms with Gasteiger partial charge in [-0.25, -0.2) is 4.39 Å². The maximum Gasteiger partial charge on any atom is 0.257 e. The number of nitrogens with one attached hydrogen (secondary N) is 1. The SMILES string of the molecule is Cc1onc(-c2ccncc2)c1C(=O)NCCCc1ccc(F)cc1. The van der Waals surface area contributed by atoms with Gasteiger partial charge in [0.1, 0.15) is 22.8 Å². The van der Waals surface area contributed by atoms with Crippen molar-refractivity contribution in [1.29, 1.82) is 0 Å². The fourth-order valence-electron chi connectivity index (χ4n) is 2.58. The Bertz CT molecular complexity index is 845. The number of nitrogens with zero attached hydrogens (tertiary/aromatic N) is 2. The lowest BCUT2D eigenvalue weighted by atomic mass is 10.1. The first-order chi connectivity index (χ1) is 12.1. The van der Waals surface area contributed by atoms with Crippen molar-refractivity contribution in [3.63, 3.8) is 0 Å². The number of aromatic nitrogens is 2. The maximum absolute atomic E-state index is 12.9. The Morgan fingerprint density at radius 3 is 2.60 bits per heavy atom. The van der Waals surface area contributed by atoms with Crippen LogP contribution in [0.3, 0.4) is 0 Å². The van der Waals surface area contributed by atoms with Gasteiger partial charge >= 0.3 is 0 Å². The van der Waals surface area contributed by atoms with Crippen molar-refractivity contribution in [2.24, 2.45) is 0 Å². The predicted molar refractivity (Wildman–Crippen MR) is 91.5 cm³/mol. The molecule has 3 aromatic rings. The highest BCUT2D eigenvalue weighted by molar-refractivity contribution is 6.00. The van der Waals surface area contributed by atoms with Crippen LogP contribution in [0.5, 0.6) is 0 Å².